The summed E-state index contributed by atoms with van der Waals surface area (Å²) < 4.78 is 0. The molecule has 0 saturated carbocycles. The molecule has 9 rings (SSSR count). The van der Waals surface area contributed by atoms with Gasteiger partial charge < -0.3 is 0 Å². The first-order valence-electron chi connectivity index (χ1n) is 15.9. The van der Waals surface area contributed by atoms with Crippen molar-refractivity contribution in [2.24, 2.45) is 0 Å². The molecule has 0 heteroatoms. The second-order valence-corrected chi connectivity index (χ2v) is 12.8. The first kappa shape index (κ1) is 26.0. The Balaban J connectivity index is 1.34. The van der Waals surface area contributed by atoms with Crippen LogP contribution in [0.4, 0.5) is 0 Å². The average Bonchev–Trinajstić information content (AvgIpc) is 3.33. The summed E-state index contributed by atoms with van der Waals surface area (Å²) in [6.45, 7) is 4.73. The van der Waals surface area contributed by atoms with Gasteiger partial charge in [-0.15, -0.1) is 0 Å². The molecule has 0 saturated heterocycles. The van der Waals surface area contributed by atoms with Gasteiger partial charge >= 0.3 is 0 Å². The van der Waals surface area contributed by atoms with Crippen LogP contribution >= 0.6 is 0 Å². The molecule has 1 aliphatic carbocycles. The first-order valence-corrected chi connectivity index (χ1v) is 15.9. The van der Waals surface area contributed by atoms with Crippen LogP contribution in [-0.4, -0.2) is 0 Å². The van der Waals surface area contributed by atoms with Crippen LogP contribution in [0.2, 0.25) is 0 Å². The number of hydrogen-bond donors (Lipinski definition) is 0. The Bertz CT molecular complexity index is 2390. The molecule has 0 aliphatic heterocycles. The van der Waals surface area contributed by atoms with Crippen molar-refractivity contribution < 1.29 is 0 Å². The maximum absolute atomic E-state index is 2.47. The molecule has 0 bridgehead atoms. The van der Waals surface area contributed by atoms with Crippen molar-refractivity contribution in [1.82, 2.24) is 0 Å². The Labute approximate surface area is 264 Å². The van der Waals surface area contributed by atoms with Gasteiger partial charge in [0, 0.05) is 5.41 Å². The van der Waals surface area contributed by atoms with E-state index in [4.69, 9.17) is 0 Å². The van der Waals surface area contributed by atoms with Crippen molar-refractivity contribution in [3.8, 4) is 44.5 Å². The molecule has 0 atom stereocenters. The summed E-state index contributed by atoms with van der Waals surface area (Å²) in [7, 11) is 0. The van der Waals surface area contributed by atoms with E-state index in [-0.39, 0.29) is 5.41 Å². The van der Waals surface area contributed by atoms with Gasteiger partial charge in [-0.3, -0.25) is 0 Å². The Hall–Kier alpha value is -5.46. The largest absolute Gasteiger partial charge is 0.0622 e. The predicted octanol–water partition coefficient (Wildman–Crippen LogP) is 12.5. The fourth-order valence-electron chi connectivity index (χ4n) is 7.98. The molecule has 45 heavy (non-hydrogen) atoms. The van der Waals surface area contributed by atoms with Gasteiger partial charge in [0.2, 0.25) is 0 Å². The van der Waals surface area contributed by atoms with E-state index in [0.29, 0.717) is 0 Å². The average molecular weight is 573 g/mol. The van der Waals surface area contributed by atoms with E-state index in [1.54, 1.807) is 0 Å². The third-order valence-corrected chi connectivity index (χ3v) is 10.1. The molecule has 0 heterocycles. The molecule has 0 aromatic heterocycles. The zero-order valence-corrected chi connectivity index (χ0v) is 25.5. The van der Waals surface area contributed by atoms with Gasteiger partial charge in [-0.2, -0.15) is 0 Å². The summed E-state index contributed by atoms with van der Waals surface area (Å²) in [5.41, 5.74) is 13.1. The Kier molecular flexibility index (Phi) is 5.64. The third kappa shape index (κ3) is 3.79. The van der Waals surface area contributed by atoms with Crippen molar-refractivity contribution in [2.45, 2.75) is 19.3 Å². The van der Waals surface area contributed by atoms with Crippen LogP contribution in [0.1, 0.15) is 25.0 Å². The van der Waals surface area contributed by atoms with Gasteiger partial charge in [0.1, 0.15) is 0 Å². The summed E-state index contributed by atoms with van der Waals surface area (Å²) in [6, 6.07) is 58.3. The lowest BCUT2D eigenvalue weighted by Crippen LogP contribution is -2.14. The highest BCUT2D eigenvalue weighted by atomic mass is 14.4. The van der Waals surface area contributed by atoms with Crippen LogP contribution in [0, 0.1) is 0 Å². The van der Waals surface area contributed by atoms with Crippen molar-refractivity contribution in [3.05, 3.63) is 169 Å². The van der Waals surface area contributed by atoms with Gasteiger partial charge in [-0.25, -0.2) is 0 Å². The van der Waals surface area contributed by atoms with Crippen LogP contribution < -0.4 is 0 Å². The normalized spacial score (nSPS) is 13.3. The molecule has 0 amide bonds. The maximum atomic E-state index is 2.47. The van der Waals surface area contributed by atoms with Crippen molar-refractivity contribution in [3.63, 3.8) is 0 Å². The fourth-order valence-corrected chi connectivity index (χ4v) is 7.98. The number of fused-ring (bicyclic) bond motifs is 6. The van der Waals surface area contributed by atoms with Crippen LogP contribution in [0.5, 0.6) is 0 Å². The van der Waals surface area contributed by atoms with E-state index in [1.165, 1.54) is 88.0 Å². The Morgan fingerprint density at radius 3 is 1.44 bits per heavy atom. The van der Waals surface area contributed by atoms with E-state index >= 15 is 0 Å². The molecule has 0 radical (unpaired) electrons. The molecular formula is C45H32. The molecule has 1 aliphatic rings. The summed E-state index contributed by atoms with van der Waals surface area (Å²) in [5.74, 6) is 0. The lowest BCUT2D eigenvalue weighted by Gasteiger charge is -2.23. The lowest BCUT2D eigenvalue weighted by atomic mass is 9.80. The standard InChI is InChI=1S/C45H32/c1-45(2)41-23-13-12-18-34(41)35-25-24-30(28-42(35)45)43-36-19-8-10-21-38(36)44(39-22-11-9-20-37(39)43)40-27-26-31(29-14-4-3-5-15-29)32-16-6-7-17-33(32)40/h3-28H,1-2H3. The monoisotopic (exact) mass is 572 g/mol. The van der Waals surface area contributed by atoms with Gasteiger partial charge in [0.05, 0.1) is 0 Å². The molecule has 0 nitrogen and oxygen atoms in total. The van der Waals surface area contributed by atoms with Crippen LogP contribution in [0.25, 0.3) is 76.8 Å². The number of hydrogen-bond acceptors (Lipinski definition) is 0. The number of rotatable bonds is 3. The second-order valence-electron chi connectivity index (χ2n) is 12.8. The highest BCUT2D eigenvalue weighted by Gasteiger charge is 2.35. The van der Waals surface area contributed by atoms with Crippen molar-refractivity contribution in [2.75, 3.05) is 0 Å². The predicted molar refractivity (Wildman–Crippen MR) is 193 cm³/mol. The third-order valence-electron chi connectivity index (χ3n) is 10.1. The van der Waals surface area contributed by atoms with E-state index in [1.807, 2.05) is 0 Å². The van der Waals surface area contributed by atoms with Crippen molar-refractivity contribution in [1.29, 1.82) is 0 Å². The maximum Gasteiger partial charge on any atom is 0.0159 e. The van der Waals surface area contributed by atoms with E-state index in [0.717, 1.165) is 0 Å². The summed E-state index contributed by atoms with van der Waals surface area (Å²) >= 11 is 0. The molecule has 8 aromatic carbocycles. The smallest absolute Gasteiger partial charge is 0.0159 e. The summed E-state index contributed by atoms with van der Waals surface area (Å²) in [6.07, 6.45) is 0. The quantitative estimate of drug-likeness (QED) is 0.185. The molecule has 8 aromatic rings. The van der Waals surface area contributed by atoms with Gasteiger partial charge in [-0.05, 0) is 94.0 Å². The molecule has 0 spiro atoms. The highest BCUT2D eigenvalue weighted by Crippen LogP contribution is 2.51. The zero-order chi connectivity index (χ0) is 30.1. The minimum absolute atomic E-state index is 0.0487. The van der Waals surface area contributed by atoms with Crippen molar-refractivity contribution >= 4 is 32.3 Å². The number of benzene rings is 8. The van der Waals surface area contributed by atoms with Gasteiger partial charge in [0.15, 0.2) is 0 Å². The molecule has 0 unspecified atom stereocenters. The first-order chi connectivity index (χ1) is 22.1. The van der Waals surface area contributed by atoms with Crippen LogP contribution in [-0.2, 0) is 5.41 Å². The second kappa shape index (κ2) is 9.78. The van der Waals surface area contributed by atoms with Crippen LogP contribution in [0.3, 0.4) is 0 Å². The molecule has 0 fully saturated rings. The topological polar surface area (TPSA) is 0 Å². The Morgan fingerprint density at radius 1 is 0.311 bits per heavy atom. The van der Waals surface area contributed by atoms with Crippen LogP contribution in [0.15, 0.2) is 158 Å². The fraction of sp³-hybridized carbons (Fsp3) is 0.0667. The molecular weight excluding hydrogens is 540 g/mol. The van der Waals surface area contributed by atoms with Gasteiger partial charge in [-0.1, -0.05) is 166 Å². The summed E-state index contributed by atoms with van der Waals surface area (Å²) in [5, 5.41) is 7.70. The lowest BCUT2D eigenvalue weighted by molar-refractivity contribution is 0.660. The van der Waals surface area contributed by atoms with E-state index < -0.39 is 0 Å². The molecule has 0 N–H and O–H groups in total. The molecule has 212 valence electrons. The zero-order valence-electron chi connectivity index (χ0n) is 25.5. The minimum Gasteiger partial charge on any atom is -0.0622 e. The Morgan fingerprint density at radius 2 is 0.778 bits per heavy atom. The SMILES string of the molecule is CC1(C)c2ccccc2-c2ccc(-c3c4ccccc4c(-c4ccc(-c5ccccc5)c5ccccc45)c4ccccc34)cc21. The summed E-state index contributed by atoms with van der Waals surface area (Å²) in [4.78, 5) is 0. The minimum atomic E-state index is -0.0487. The highest BCUT2D eigenvalue weighted by molar-refractivity contribution is 6.24. The van der Waals surface area contributed by atoms with Gasteiger partial charge in [0.25, 0.3) is 0 Å². The van der Waals surface area contributed by atoms with E-state index in [9.17, 15) is 0 Å². The van der Waals surface area contributed by atoms with E-state index in [2.05, 4.69) is 172 Å².